The molecule has 0 aliphatic rings. The molecular formula is C31H40O4. The second-order valence-electron chi connectivity index (χ2n) is 9.58. The van der Waals surface area contributed by atoms with Crippen LogP contribution in [0.4, 0.5) is 0 Å². The zero-order chi connectivity index (χ0) is 25.6. The lowest BCUT2D eigenvalue weighted by Crippen LogP contribution is -2.23. The first kappa shape index (κ1) is 26.9. The van der Waals surface area contributed by atoms with Gasteiger partial charge in [-0.1, -0.05) is 71.0 Å². The summed E-state index contributed by atoms with van der Waals surface area (Å²) in [6.45, 7) is 10.8. The predicted octanol–water partition coefficient (Wildman–Crippen LogP) is 6.61. The van der Waals surface area contributed by atoms with Crippen molar-refractivity contribution in [3.05, 3.63) is 88.0 Å². The lowest BCUT2D eigenvalue weighted by atomic mass is 9.82. The molecule has 188 valence electrons. The van der Waals surface area contributed by atoms with E-state index < -0.39 is 5.60 Å². The Morgan fingerprint density at radius 2 is 1.46 bits per heavy atom. The SMILES string of the molecule is CCc1ccc(OCc2ccc(CO)c(CO)c2)cc1-c1ccc(C(O)(CC)CC)cc1C(C)C. The fraction of sp³-hybridized carbons (Fsp3) is 0.419. The molecule has 0 heterocycles. The summed E-state index contributed by atoms with van der Waals surface area (Å²) in [5.74, 6) is 1.09. The number of aliphatic hydroxyl groups excluding tert-OH is 2. The van der Waals surface area contributed by atoms with Crippen LogP contribution in [0.5, 0.6) is 5.75 Å². The normalized spacial score (nSPS) is 11.8. The number of aliphatic hydroxyl groups is 3. The highest BCUT2D eigenvalue weighted by Crippen LogP contribution is 2.38. The summed E-state index contributed by atoms with van der Waals surface area (Å²) in [6.07, 6.45) is 2.27. The average Bonchev–Trinajstić information content (AvgIpc) is 2.90. The van der Waals surface area contributed by atoms with E-state index in [0.29, 0.717) is 25.4 Å². The topological polar surface area (TPSA) is 69.9 Å². The van der Waals surface area contributed by atoms with Gasteiger partial charge in [0.25, 0.3) is 0 Å². The van der Waals surface area contributed by atoms with Crippen LogP contribution in [0.25, 0.3) is 11.1 Å². The van der Waals surface area contributed by atoms with Crippen molar-refractivity contribution in [2.45, 2.75) is 85.2 Å². The summed E-state index contributed by atoms with van der Waals surface area (Å²) >= 11 is 0. The maximum Gasteiger partial charge on any atom is 0.120 e. The molecule has 3 aromatic carbocycles. The number of hydrogen-bond acceptors (Lipinski definition) is 4. The number of aryl methyl sites for hydroxylation is 1. The first-order chi connectivity index (χ1) is 16.8. The number of ether oxygens (including phenoxy) is 1. The van der Waals surface area contributed by atoms with E-state index >= 15 is 0 Å². The van der Waals surface area contributed by atoms with Crippen LogP contribution in [-0.2, 0) is 31.8 Å². The minimum atomic E-state index is -0.806. The summed E-state index contributed by atoms with van der Waals surface area (Å²) in [5.41, 5.74) is 7.37. The Morgan fingerprint density at radius 1 is 0.771 bits per heavy atom. The number of benzene rings is 3. The molecule has 4 heteroatoms. The van der Waals surface area contributed by atoms with Gasteiger partial charge >= 0.3 is 0 Å². The van der Waals surface area contributed by atoms with Crippen molar-refractivity contribution in [3.63, 3.8) is 0 Å². The van der Waals surface area contributed by atoms with Crippen LogP contribution in [0.2, 0.25) is 0 Å². The van der Waals surface area contributed by atoms with E-state index in [-0.39, 0.29) is 13.2 Å². The van der Waals surface area contributed by atoms with E-state index in [1.807, 2.05) is 38.1 Å². The molecule has 35 heavy (non-hydrogen) atoms. The van der Waals surface area contributed by atoms with Gasteiger partial charge < -0.3 is 20.1 Å². The van der Waals surface area contributed by atoms with Crippen LogP contribution in [0, 0.1) is 0 Å². The third-order valence-electron chi connectivity index (χ3n) is 7.15. The van der Waals surface area contributed by atoms with Crippen molar-refractivity contribution in [3.8, 4) is 16.9 Å². The van der Waals surface area contributed by atoms with Gasteiger partial charge in [0.05, 0.1) is 18.8 Å². The van der Waals surface area contributed by atoms with Gasteiger partial charge in [-0.15, -0.1) is 0 Å². The quantitative estimate of drug-likeness (QED) is 0.291. The molecule has 0 saturated carbocycles. The third kappa shape index (κ3) is 5.95. The second kappa shape index (κ2) is 11.9. The fourth-order valence-electron chi connectivity index (χ4n) is 4.67. The molecular weight excluding hydrogens is 436 g/mol. The zero-order valence-electron chi connectivity index (χ0n) is 21.8. The number of rotatable bonds is 11. The standard InChI is InChI=1S/C31H40O4/c1-6-23-11-13-27(35-20-22-9-10-24(18-32)25(15-22)19-33)17-30(23)28-14-12-26(16-29(28)21(4)5)31(34,7-2)8-3/h9-17,21,32-34H,6-8,18-20H2,1-5H3. The fourth-order valence-corrected chi connectivity index (χ4v) is 4.67. The molecule has 0 atom stereocenters. The van der Waals surface area contributed by atoms with E-state index in [1.54, 1.807) is 0 Å². The molecule has 0 bridgehead atoms. The van der Waals surface area contributed by atoms with Crippen molar-refractivity contribution in [1.82, 2.24) is 0 Å². The van der Waals surface area contributed by atoms with Gasteiger partial charge in [0, 0.05) is 0 Å². The monoisotopic (exact) mass is 476 g/mol. The lowest BCUT2D eigenvalue weighted by molar-refractivity contribution is 0.0283. The minimum absolute atomic E-state index is 0.0935. The maximum atomic E-state index is 11.1. The van der Waals surface area contributed by atoms with Gasteiger partial charge in [0.2, 0.25) is 0 Å². The Morgan fingerprint density at radius 3 is 2.06 bits per heavy atom. The lowest BCUT2D eigenvalue weighted by Gasteiger charge is -2.28. The zero-order valence-corrected chi connectivity index (χ0v) is 21.8. The van der Waals surface area contributed by atoms with Crippen molar-refractivity contribution >= 4 is 0 Å². The van der Waals surface area contributed by atoms with Gasteiger partial charge in [-0.25, -0.2) is 0 Å². The Balaban J connectivity index is 1.97. The van der Waals surface area contributed by atoms with E-state index in [4.69, 9.17) is 4.74 Å². The summed E-state index contributed by atoms with van der Waals surface area (Å²) in [6, 6.07) is 18.3. The molecule has 0 fully saturated rings. The van der Waals surface area contributed by atoms with Crippen molar-refractivity contribution in [2.75, 3.05) is 0 Å². The van der Waals surface area contributed by atoms with Crippen LogP contribution >= 0.6 is 0 Å². The molecule has 0 saturated heterocycles. The summed E-state index contributed by atoms with van der Waals surface area (Å²) in [4.78, 5) is 0. The summed E-state index contributed by atoms with van der Waals surface area (Å²) in [7, 11) is 0. The molecule has 0 aromatic heterocycles. The molecule has 0 amide bonds. The third-order valence-corrected chi connectivity index (χ3v) is 7.15. The summed E-state index contributed by atoms with van der Waals surface area (Å²) < 4.78 is 6.16. The molecule has 0 aliphatic heterocycles. The molecule has 0 unspecified atom stereocenters. The minimum Gasteiger partial charge on any atom is -0.489 e. The van der Waals surface area contributed by atoms with Crippen LogP contribution in [0.3, 0.4) is 0 Å². The van der Waals surface area contributed by atoms with Crippen molar-refractivity contribution in [1.29, 1.82) is 0 Å². The first-order valence-corrected chi connectivity index (χ1v) is 12.7. The van der Waals surface area contributed by atoms with E-state index in [2.05, 4.69) is 51.1 Å². The first-order valence-electron chi connectivity index (χ1n) is 12.7. The highest BCUT2D eigenvalue weighted by atomic mass is 16.5. The predicted molar refractivity (Wildman–Crippen MR) is 142 cm³/mol. The maximum absolute atomic E-state index is 11.1. The Labute approximate surface area is 210 Å². The van der Waals surface area contributed by atoms with Crippen molar-refractivity contribution < 1.29 is 20.1 Å². The smallest absolute Gasteiger partial charge is 0.120 e. The van der Waals surface area contributed by atoms with Gasteiger partial charge in [0.15, 0.2) is 0 Å². The van der Waals surface area contributed by atoms with Gasteiger partial charge in [-0.3, -0.25) is 0 Å². The van der Waals surface area contributed by atoms with Crippen LogP contribution in [0.1, 0.15) is 86.8 Å². The largest absolute Gasteiger partial charge is 0.489 e. The van der Waals surface area contributed by atoms with E-state index in [9.17, 15) is 15.3 Å². The Kier molecular flexibility index (Phi) is 9.12. The highest BCUT2D eigenvalue weighted by molar-refractivity contribution is 5.73. The molecule has 0 aliphatic carbocycles. The molecule has 0 spiro atoms. The van der Waals surface area contributed by atoms with Gasteiger partial charge in [-0.05, 0) is 87.9 Å². The number of hydrogen-bond donors (Lipinski definition) is 3. The van der Waals surface area contributed by atoms with Gasteiger partial charge in [-0.2, -0.15) is 0 Å². The van der Waals surface area contributed by atoms with Crippen LogP contribution in [0.15, 0.2) is 54.6 Å². The molecule has 3 N–H and O–H groups in total. The molecule has 4 nitrogen and oxygen atoms in total. The Bertz CT molecular complexity index is 1130. The second-order valence-corrected chi connectivity index (χ2v) is 9.58. The van der Waals surface area contributed by atoms with Gasteiger partial charge in [0.1, 0.15) is 12.4 Å². The van der Waals surface area contributed by atoms with Crippen molar-refractivity contribution in [2.24, 2.45) is 0 Å². The highest BCUT2D eigenvalue weighted by Gasteiger charge is 2.26. The Hall–Kier alpha value is -2.66. The average molecular weight is 477 g/mol. The summed E-state index contributed by atoms with van der Waals surface area (Å²) in [5, 5.41) is 30.1. The molecule has 3 rings (SSSR count). The van der Waals surface area contributed by atoms with Crippen LogP contribution in [-0.4, -0.2) is 15.3 Å². The molecule has 3 aromatic rings. The molecule has 0 radical (unpaired) electrons. The van der Waals surface area contributed by atoms with Crippen LogP contribution < -0.4 is 4.74 Å². The van der Waals surface area contributed by atoms with E-state index in [0.717, 1.165) is 40.0 Å². The van der Waals surface area contributed by atoms with E-state index in [1.165, 1.54) is 16.7 Å².